The lowest BCUT2D eigenvalue weighted by molar-refractivity contribution is 0.102. The SMILES string of the molecule is CCNc1ccc(C(=O)Nc2ccc(Br)cc2)c(C)c1. The fourth-order valence-corrected chi connectivity index (χ4v) is 2.23. The van der Waals surface area contributed by atoms with Gasteiger partial charge in [0.25, 0.3) is 5.91 Å². The lowest BCUT2D eigenvalue weighted by Crippen LogP contribution is -2.13. The molecule has 0 saturated carbocycles. The minimum absolute atomic E-state index is 0.0899. The molecule has 0 spiro atoms. The summed E-state index contributed by atoms with van der Waals surface area (Å²) in [5, 5.41) is 6.13. The average Bonchev–Trinajstić information content (AvgIpc) is 2.42. The van der Waals surface area contributed by atoms with Crippen molar-refractivity contribution in [1.82, 2.24) is 0 Å². The van der Waals surface area contributed by atoms with Gasteiger partial charge in [-0.05, 0) is 61.9 Å². The maximum Gasteiger partial charge on any atom is 0.255 e. The van der Waals surface area contributed by atoms with Crippen LogP contribution in [0, 0.1) is 6.92 Å². The van der Waals surface area contributed by atoms with Crippen LogP contribution in [0.3, 0.4) is 0 Å². The van der Waals surface area contributed by atoms with Gasteiger partial charge < -0.3 is 10.6 Å². The fraction of sp³-hybridized carbons (Fsp3) is 0.188. The number of rotatable bonds is 4. The fourth-order valence-electron chi connectivity index (χ4n) is 1.96. The number of aryl methyl sites for hydroxylation is 1. The topological polar surface area (TPSA) is 41.1 Å². The molecular weight excluding hydrogens is 316 g/mol. The highest BCUT2D eigenvalue weighted by atomic mass is 79.9. The van der Waals surface area contributed by atoms with Crippen LogP contribution < -0.4 is 10.6 Å². The summed E-state index contributed by atoms with van der Waals surface area (Å²) in [5.74, 6) is -0.0899. The Morgan fingerprint density at radius 1 is 1.10 bits per heavy atom. The number of benzene rings is 2. The van der Waals surface area contributed by atoms with Crippen molar-refractivity contribution in [3.05, 3.63) is 58.1 Å². The molecule has 2 N–H and O–H groups in total. The molecular formula is C16H17BrN2O. The number of carbonyl (C=O) groups excluding carboxylic acids is 1. The lowest BCUT2D eigenvalue weighted by atomic mass is 10.1. The molecule has 0 aliphatic carbocycles. The zero-order valence-electron chi connectivity index (χ0n) is 11.5. The Labute approximate surface area is 127 Å². The van der Waals surface area contributed by atoms with E-state index < -0.39 is 0 Å². The van der Waals surface area contributed by atoms with Crippen molar-refractivity contribution in [1.29, 1.82) is 0 Å². The molecule has 0 bridgehead atoms. The third kappa shape index (κ3) is 3.61. The summed E-state index contributed by atoms with van der Waals surface area (Å²) in [6.45, 7) is 4.85. The smallest absolute Gasteiger partial charge is 0.255 e. The zero-order chi connectivity index (χ0) is 14.5. The van der Waals surface area contributed by atoms with Crippen molar-refractivity contribution in [2.75, 3.05) is 17.2 Å². The van der Waals surface area contributed by atoms with Gasteiger partial charge in [-0.3, -0.25) is 4.79 Å². The molecule has 1 amide bonds. The van der Waals surface area contributed by atoms with Gasteiger partial charge in [-0.1, -0.05) is 15.9 Å². The average molecular weight is 333 g/mol. The number of amides is 1. The van der Waals surface area contributed by atoms with Gasteiger partial charge in [0, 0.05) is 28.0 Å². The highest BCUT2D eigenvalue weighted by molar-refractivity contribution is 9.10. The lowest BCUT2D eigenvalue weighted by Gasteiger charge is -2.10. The van der Waals surface area contributed by atoms with Crippen LogP contribution in [0.4, 0.5) is 11.4 Å². The van der Waals surface area contributed by atoms with Gasteiger partial charge in [0.2, 0.25) is 0 Å². The van der Waals surface area contributed by atoms with E-state index in [1.54, 1.807) is 0 Å². The van der Waals surface area contributed by atoms with Crippen molar-refractivity contribution < 1.29 is 4.79 Å². The van der Waals surface area contributed by atoms with E-state index in [2.05, 4.69) is 26.6 Å². The minimum atomic E-state index is -0.0899. The first kappa shape index (κ1) is 14.6. The molecule has 0 unspecified atom stereocenters. The molecule has 0 aromatic heterocycles. The normalized spacial score (nSPS) is 10.2. The van der Waals surface area contributed by atoms with Gasteiger partial charge in [0.1, 0.15) is 0 Å². The van der Waals surface area contributed by atoms with Crippen molar-refractivity contribution in [3.63, 3.8) is 0 Å². The van der Waals surface area contributed by atoms with Crippen LogP contribution in [0.1, 0.15) is 22.8 Å². The molecule has 0 radical (unpaired) electrons. The number of halogens is 1. The first-order valence-corrected chi connectivity index (χ1v) is 7.31. The predicted octanol–water partition coefficient (Wildman–Crippen LogP) is 4.44. The molecule has 0 heterocycles. The van der Waals surface area contributed by atoms with Crippen LogP contribution in [0.5, 0.6) is 0 Å². The second-order valence-electron chi connectivity index (χ2n) is 4.52. The van der Waals surface area contributed by atoms with E-state index in [-0.39, 0.29) is 5.91 Å². The quantitative estimate of drug-likeness (QED) is 0.868. The highest BCUT2D eigenvalue weighted by Gasteiger charge is 2.09. The second kappa shape index (κ2) is 6.57. The molecule has 0 aliphatic heterocycles. The Hall–Kier alpha value is -1.81. The monoisotopic (exact) mass is 332 g/mol. The second-order valence-corrected chi connectivity index (χ2v) is 5.44. The number of hydrogen-bond donors (Lipinski definition) is 2. The van der Waals surface area contributed by atoms with Crippen molar-refractivity contribution in [2.45, 2.75) is 13.8 Å². The van der Waals surface area contributed by atoms with Crippen LogP contribution in [-0.2, 0) is 0 Å². The number of hydrogen-bond acceptors (Lipinski definition) is 2. The summed E-state index contributed by atoms with van der Waals surface area (Å²) in [4.78, 5) is 12.2. The molecule has 3 nitrogen and oxygen atoms in total. The first-order valence-electron chi connectivity index (χ1n) is 6.51. The van der Waals surface area contributed by atoms with Crippen LogP contribution >= 0.6 is 15.9 Å². The number of carbonyl (C=O) groups is 1. The van der Waals surface area contributed by atoms with Crippen molar-refractivity contribution >= 4 is 33.2 Å². The van der Waals surface area contributed by atoms with E-state index in [4.69, 9.17) is 0 Å². The summed E-state index contributed by atoms with van der Waals surface area (Å²) >= 11 is 3.37. The number of nitrogens with one attached hydrogen (secondary N) is 2. The molecule has 0 aliphatic rings. The van der Waals surface area contributed by atoms with Crippen molar-refractivity contribution in [2.24, 2.45) is 0 Å². The highest BCUT2D eigenvalue weighted by Crippen LogP contribution is 2.18. The molecule has 20 heavy (non-hydrogen) atoms. The first-order chi connectivity index (χ1) is 9.60. The van der Waals surface area contributed by atoms with Gasteiger partial charge in [-0.25, -0.2) is 0 Å². The molecule has 0 saturated heterocycles. The Morgan fingerprint density at radius 2 is 1.75 bits per heavy atom. The molecule has 104 valence electrons. The van der Waals surface area contributed by atoms with Gasteiger partial charge in [-0.2, -0.15) is 0 Å². The maximum absolute atomic E-state index is 12.2. The Morgan fingerprint density at radius 3 is 2.35 bits per heavy atom. The Kier molecular flexibility index (Phi) is 4.79. The van der Waals surface area contributed by atoms with Crippen LogP contribution in [0.15, 0.2) is 46.9 Å². The minimum Gasteiger partial charge on any atom is -0.385 e. The van der Waals surface area contributed by atoms with E-state index in [0.717, 1.165) is 28.0 Å². The van der Waals surface area contributed by atoms with Crippen LogP contribution in [-0.4, -0.2) is 12.5 Å². The molecule has 4 heteroatoms. The zero-order valence-corrected chi connectivity index (χ0v) is 13.1. The van der Waals surface area contributed by atoms with Gasteiger partial charge in [0.15, 0.2) is 0 Å². The molecule has 0 fully saturated rings. The van der Waals surface area contributed by atoms with Gasteiger partial charge in [0.05, 0.1) is 0 Å². The third-order valence-electron chi connectivity index (χ3n) is 2.95. The summed E-state index contributed by atoms with van der Waals surface area (Å²) in [7, 11) is 0. The Bertz CT molecular complexity index is 608. The van der Waals surface area contributed by atoms with E-state index in [9.17, 15) is 4.79 Å². The summed E-state index contributed by atoms with van der Waals surface area (Å²) in [5.41, 5.74) is 3.46. The maximum atomic E-state index is 12.2. The standard InChI is InChI=1S/C16H17BrN2O/c1-3-18-14-8-9-15(11(2)10-14)16(20)19-13-6-4-12(17)5-7-13/h4-10,18H,3H2,1-2H3,(H,19,20). The van der Waals surface area contributed by atoms with E-state index >= 15 is 0 Å². The molecule has 0 atom stereocenters. The van der Waals surface area contributed by atoms with E-state index in [1.807, 2.05) is 56.3 Å². The van der Waals surface area contributed by atoms with Crippen LogP contribution in [0.25, 0.3) is 0 Å². The largest absolute Gasteiger partial charge is 0.385 e. The summed E-state index contributed by atoms with van der Waals surface area (Å²) in [6, 6.07) is 13.3. The third-order valence-corrected chi connectivity index (χ3v) is 3.48. The van der Waals surface area contributed by atoms with E-state index in [0.29, 0.717) is 5.56 Å². The molecule has 2 rings (SSSR count). The van der Waals surface area contributed by atoms with Crippen LogP contribution in [0.2, 0.25) is 0 Å². The van der Waals surface area contributed by atoms with Gasteiger partial charge >= 0.3 is 0 Å². The predicted molar refractivity (Wildman–Crippen MR) is 87.4 cm³/mol. The van der Waals surface area contributed by atoms with E-state index in [1.165, 1.54) is 0 Å². The van der Waals surface area contributed by atoms with Gasteiger partial charge in [-0.15, -0.1) is 0 Å². The summed E-state index contributed by atoms with van der Waals surface area (Å²) in [6.07, 6.45) is 0. The molecule has 2 aromatic carbocycles. The molecule has 2 aromatic rings. The summed E-state index contributed by atoms with van der Waals surface area (Å²) < 4.78 is 0.988. The number of anilines is 2. The Balaban J connectivity index is 2.14. The van der Waals surface area contributed by atoms with Crippen molar-refractivity contribution in [3.8, 4) is 0 Å².